The van der Waals surface area contributed by atoms with Gasteiger partial charge >= 0.3 is 0 Å². The Kier molecular flexibility index (Phi) is 5.54. The molecule has 0 aromatic heterocycles. The van der Waals surface area contributed by atoms with Gasteiger partial charge in [0.15, 0.2) is 0 Å². The number of benzene rings is 1. The number of nitrogens with one attached hydrogen (secondary N) is 1. The zero-order valence-electron chi connectivity index (χ0n) is 12.1. The van der Waals surface area contributed by atoms with Crippen LogP contribution >= 0.6 is 0 Å². The zero-order valence-corrected chi connectivity index (χ0v) is 12.1. The van der Waals surface area contributed by atoms with Crippen molar-refractivity contribution in [3.63, 3.8) is 0 Å². The van der Waals surface area contributed by atoms with E-state index in [4.69, 9.17) is 0 Å². The highest BCUT2D eigenvalue weighted by Gasteiger charge is 2.10. The van der Waals surface area contributed by atoms with Crippen LogP contribution in [0.3, 0.4) is 0 Å². The molecule has 0 amide bonds. The van der Waals surface area contributed by atoms with Gasteiger partial charge < -0.3 is 5.32 Å². The van der Waals surface area contributed by atoms with Gasteiger partial charge in [-0.3, -0.25) is 0 Å². The van der Waals surface area contributed by atoms with Crippen LogP contribution in [0, 0.1) is 20.8 Å². The zero-order chi connectivity index (χ0) is 12.8. The molecule has 0 saturated carbocycles. The summed E-state index contributed by atoms with van der Waals surface area (Å²) in [6.07, 6.45) is 5.03. The molecular weight excluding hydrogens is 206 g/mol. The van der Waals surface area contributed by atoms with Crippen molar-refractivity contribution in [1.29, 1.82) is 0 Å². The molecule has 0 fully saturated rings. The molecule has 0 aliphatic heterocycles. The first kappa shape index (κ1) is 14.1. The first-order valence-electron chi connectivity index (χ1n) is 6.92. The topological polar surface area (TPSA) is 12.0 Å². The van der Waals surface area contributed by atoms with Gasteiger partial charge in [-0.1, -0.05) is 44.4 Å². The van der Waals surface area contributed by atoms with Gasteiger partial charge in [0.1, 0.15) is 0 Å². The fourth-order valence-electron chi connectivity index (χ4n) is 2.60. The standard InChI is InChI=1S/C16H27N/c1-6-8-15(9-7-2)17-16-13(4)10-12(3)11-14(16)5/h10-11,15,17H,6-9H2,1-5H3. The smallest absolute Gasteiger partial charge is 0.0401 e. The molecule has 0 bridgehead atoms. The summed E-state index contributed by atoms with van der Waals surface area (Å²) in [6.45, 7) is 11.1. The minimum Gasteiger partial charge on any atom is -0.382 e. The summed E-state index contributed by atoms with van der Waals surface area (Å²) < 4.78 is 0. The summed E-state index contributed by atoms with van der Waals surface area (Å²) >= 11 is 0. The fourth-order valence-corrected chi connectivity index (χ4v) is 2.60. The molecule has 0 aliphatic rings. The van der Waals surface area contributed by atoms with Crippen LogP contribution in [0.2, 0.25) is 0 Å². The number of hydrogen-bond acceptors (Lipinski definition) is 1. The molecule has 0 saturated heterocycles. The lowest BCUT2D eigenvalue weighted by Crippen LogP contribution is -2.20. The summed E-state index contributed by atoms with van der Waals surface area (Å²) in [6, 6.07) is 5.17. The van der Waals surface area contributed by atoms with E-state index in [0.29, 0.717) is 6.04 Å². The molecule has 0 radical (unpaired) electrons. The van der Waals surface area contributed by atoms with Gasteiger partial charge in [-0.15, -0.1) is 0 Å². The Morgan fingerprint density at radius 3 is 1.82 bits per heavy atom. The Hall–Kier alpha value is -0.980. The first-order chi connectivity index (χ1) is 8.08. The van der Waals surface area contributed by atoms with Crippen LogP contribution in [0.1, 0.15) is 56.2 Å². The van der Waals surface area contributed by atoms with E-state index in [0.717, 1.165) is 0 Å². The van der Waals surface area contributed by atoms with Crippen LogP contribution in [0.25, 0.3) is 0 Å². The molecule has 17 heavy (non-hydrogen) atoms. The molecule has 1 heteroatoms. The molecule has 1 N–H and O–H groups in total. The highest BCUT2D eigenvalue weighted by molar-refractivity contribution is 5.58. The van der Waals surface area contributed by atoms with Crippen LogP contribution in [-0.4, -0.2) is 6.04 Å². The van der Waals surface area contributed by atoms with Crippen molar-refractivity contribution in [2.24, 2.45) is 0 Å². The highest BCUT2D eigenvalue weighted by atomic mass is 14.9. The fraction of sp³-hybridized carbons (Fsp3) is 0.625. The lowest BCUT2D eigenvalue weighted by Gasteiger charge is -2.22. The number of anilines is 1. The molecule has 96 valence electrons. The van der Waals surface area contributed by atoms with E-state index in [1.807, 2.05) is 0 Å². The van der Waals surface area contributed by atoms with E-state index >= 15 is 0 Å². The van der Waals surface area contributed by atoms with Crippen LogP contribution in [0.15, 0.2) is 12.1 Å². The van der Waals surface area contributed by atoms with Crippen molar-refractivity contribution < 1.29 is 0 Å². The number of aryl methyl sites for hydroxylation is 3. The summed E-state index contributed by atoms with van der Waals surface area (Å²) in [5.41, 5.74) is 5.45. The third-order valence-electron chi connectivity index (χ3n) is 3.30. The Morgan fingerprint density at radius 1 is 0.941 bits per heavy atom. The Balaban J connectivity index is 2.84. The normalized spacial score (nSPS) is 10.9. The third-order valence-corrected chi connectivity index (χ3v) is 3.30. The van der Waals surface area contributed by atoms with E-state index in [1.54, 1.807) is 0 Å². The van der Waals surface area contributed by atoms with Crippen molar-refractivity contribution in [1.82, 2.24) is 0 Å². The second kappa shape index (κ2) is 6.68. The quantitative estimate of drug-likeness (QED) is 0.729. The van der Waals surface area contributed by atoms with E-state index < -0.39 is 0 Å². The molecule has 1 nitrogen and oxygen atoms in total. The van der Waals surface area contributed by atoms with Gasteiger partial charge in [0.2, 0.25) is 0 Å². The van der Waals surface area contributed by atoms with Crippen molar-refractivity contribution in [2.75, 3.05) is 5.32 Å². The van der Waals surface area contributed by atoms with Crippen molar-refractivity contribution >= 4 is 5.69 Å². The van der Waals surface area contributed by atoms with E-state index in [2.05, 4.69) is 52.1 Å². The average molecular weight is 233 g/mol. The summed E-state index contributed by atoms with van der Waals surface area (Å²) in [7, 11) is 0. The predicted molar refractivity (Wildman–Crippen MR) is 77.9 cm³/mol. The minimum atomic E-state index is 0.630. The molecule has 0 aliphatic carbocycles. The predicted octanol–water partition coefficient (Wildman–Crippen LogP) is 4.99. The average Bonchev–Trinajstić information content (AvgIpc) is 2.23. The van der Waals surface area contributed by atoms with E-state index in [9.17, 15) is 0 Å². The van der Waals surface area contributed by atoms with Crippen molar-refractivity contribution in [3.05, 3.63) is 28.8 Å². The van der Waals surface area contributed by atoms with Crippen LogP contribution in [0.5, 0.6) is 0 Å². The van der Waals surface area contributed by atoms with Crippen molar-refractivity contribution in [2.45, 2.75) is 66.3 Å². The highest BCUT2D eigenvalue weighted by Crippen LogP contribution is 2.24. The summed E-state index contributed by atoms with van der Waals surface area (Å²) in [5, 5.41) is 3.74. The van der Waals surface area contributed by atoms with Crippen molar-refractivity contribution in [3.8, 4) is 0 Å². The monoisotopic (exact) mass is 233 g/mol. The van der Waals surface area contributed by atoms with Gasteiger partial charge in [-0.05, 0) is 44.7 Å². The Bertz CT molecular complexity index is 326. The lowest BCUT2D eigenvalue weighted by atomic mass is 10.0. The summed E-state index contributed by atoms with van der Waals surface area (Å²) in [5.74, 6) is 0. The minimum absolute atomic E-state index is 0.630. The maximum atomic E-state index is 3.74. The van der Waals surface area contributed by atoms with Gasteiger partial charge in [-0.25, -0.2) is 0 Å². The number of hydrogen-bond donors (Lipinski definition) is 1. The molecule has 0 spiro atoms. The van der Waals surface area contributed by atoms with Gasteiger partial charge in [-0.2, -0.15) is 0 Å². The summed E-state index contributed by atoms with van der Waals surface area (Å²) in [4.78, 5) is 0. The Labute approximate surface area is 107 Å². The van der Waals surface area contributed by atoms with E-state index in [1.165, 1.54) is 48.1 Å². The van der Waals surface area contributed by atoms with Crippen LogP contribution in [-0.2, 0) is 0 Å². The van der Waals surface area contributed by atoms with Gasteiger partial charge in [0.25, 0.3) is 0 Å². The van der Waals surface area contributed by atoms with Gasteiger partial charge in [0, 0.05) is 11.7 Å². The molecular formula is C16H27N. The second-order valence-corrected chi connectivity index (χ2v) is 5.19. The third kappa shape index (κ3) is 4.07. The maximum absolute atomic E-state index is 3.74. The SMILES string of the molecule is CCCC(CCC)Nc1c(C)cc(C)cc1C. The van der Waals surface area contributed by atoms with Gasteiger partial charge in [0.05, 0.1) is 0 Å². The first-order valence-corrected chi connectivity index (χ1v) is 6.92. The van der Waals surface area contributed by atoms with E-state index in [-0.39, 0.29) is 0 Å². The maximum Gasteiger partial charge on any atom is 0.0401 e. The molecule has 0 atom stereocenters. The lowest BCUT2D eigenvalue weighted by molar-refractivity contribution is 0.585. The molecule has 1 aromatic rings. The Morgan fingerprint density at radius 2 is 1.41 bits per heavy atom. The molecule has 0 heterocycles. The molecule has 1 rings (SSSR count). The number of rotatable bonds is 6. The van der Waals surface area contributed by atoms with Crippen LogP contribution < -0.4 is 5.32 Å². The molecule has 1 aromatic carbocycles. The largest absolute Gasteiger partial charge is 0.382 e. The van der Waals surface area contributed by atoms with Crippen LogP contribution in [0.4, 0.5) is 5.69 Å². The second-order valence-electron chi connectivity index (χ2n) is 5.19. The molecule has 0 unspecified atom stereocenters.